The van der Waals surface area contributed by atoms with Gasteiger partial charge < -0.3 is 25.2 Å². The maximum absolute atomic E-state index is 11.8. The molecule has 0 radical (unpaired) electrons. The number of nitrogens with zero attached hydrogens (tertiary/aromatic N) is 3. The van der Waals surface area contributed by atoms with Crippen LogP contribution < -0.4 is 20.3 Å². The fourth-order valence-corrected chi connectivity index (χ4v) is 3.05. The third kappa shape index (κ3) is 6.66. The van der Waals surface area contributed by atoms with Crippen LogP contribution in [-0.2, 0) is 4.79 Å². The number of aliphatic imine (C=N–C) groups is 1. The number of nitrogens with one attached hydrogen (secondary N) is 2. The van der Waals surface area contributed by atoms with Crippen molar-refractivity contribution in [2.75, 3.05) is 51.3 Å². The molecule has 1 heterocycles. The van der Waals surface area contributed by atoms with E-state index in [0.717, 1.165) is 44.4 Å². The first-order valence-corrected chi connectivity index (χ1v) is 9.75. The molecule has 2 rings (SSSR count). The first kappa shape index (κ1) is 20.9. The molecule has 1 aromatic carbocycles. The van der Waals surface area contributed by atoms with Crippen LogP contribution in [0.15, 0.2) is 29.3 Å². The summed E-state index contributed by atoms with van der Waals surface area (Å²) in [7, 11) is 1.68. The van der Waals surface area contributed by atoms with Crippen LogP contribution in [0, 0.1) is 0 Å². The van der Waals surface area contributed by atoms with E-state index < -0.39 is 0 Å². The third-order valence-corrected chi connectivity index (χ3v) is 4.40. The zero-order chi connectivity index (χ0) is 19.6. The molecule has 7 nitrogen and oxygen atoms in total. The van der Waals surface area contributed by atoms with E-state index in [1.165, 1.54) is 5.69 Å². The molecule has 0 saturated carbocycles. The Morgan fingerprint density at radius 1 is 1.19 bits per heavy atom. The summed E-state index contributed by atoms with van der Waals surface area (Å²) in [5, 5.41) is 6.25. The van der Waals surface area contributed by atoms with E-state index in [9.17, 15) is 4.79 Å². The highest BCUT2D eigenvalue weighted by atomic mass is 16.5. The molecule has 150 valence electrons. The molecule has 1 saturated heterocycles. The third-order valence-electron chi connectivity index (χ3n) is 4.40. The zero-order valence-corrected chi connectivity index (χ0v) is 17.0. The summed E-state index contributed by atoms with van der Waals surface area (Å²) < 4.78 is 5.23. The Morgan fingerprint density at radius 3 is 2.41 bits per heavy atom. The molecule has 1 aromatic rings. The van der Waals surface area contributed by atoms with E-state index >= 15 is 0 Å². The van der Waals surface area contributed by atoms with E-state index in [-0.39, 0.29) is 11.9 Å². The van der Waals surface area contributed by atoms with Gasteiger partial charge in [-0.05, 0) is 45.0 Å². The Balaban J connectivity index is 1.87. The second-order valence-corrected chi connectivity index (χ2v) is 6.88. The summed E-state index contributed by atoms with van der Waals surface area (Å²) in [5.41, 5.74) is 1.21. The fourth-order valence-electron chi connectivity index (χ4n) is 3.05. The number of amides is 1. The van der Waals surface area contributed by atoms with Crippen molar-refractivity contribution in [2.24, 2.45) is 4.99 Å². The van der Waals surface area contributed by atoms with Crippen LogP contribution >= 0.6 is 0 Å². The minimum atomic E-state index is 0.0499. The average Bonchev–Trinajstić information content (AvgIpc) is 2.67. The predicted molar refractivity (Wildman–Crippen MR) is 111 cm³/mol. The molecule has 2 N–H and O–H groups in total. The van der Waals surface area contributed by atoms with Crippen LogP contribution in [0.4, 0.5) is 5.69 Å². The van der Waals surface area contributed by atoms with Crippen molar-refractivity contribution >= 4 is 17.6 Å². The number of rotatable bonds is 7. The second kappa shape index (κ2) is 10.6. The number of anilines is 1. The van der Waals surface area contributed by atoms with Gasteiger partial charge in [0.2, 0.25) is 5.91 Å². The summed E-state index contributed by atoms with van der Waals surface area (Å²) in [6.07, 6.45) is 0.416. The number of benzene rings is 1. The minimum Gasteiger partial charge on any atom is -0.497 e. The number of ether oxygens (including phenoxy) is 1. The molecular weight excluding hydrogens is 342 g/mol. The van der Waals surface area contributed by atoms with Gasteiger partial charge in [-0.15, -0.1) is 0 Å². The summed E-state index contributed by atoms with van der Waals surface area (Å²) in [6.45, 7) is 11.0. The molecule has 0 spiro atoms. The zero-order valence-electron chi connectivity index (χ0n) is 17.0. The van der Waals surface area contributed by atoms with Gasteiger partial charge in [0.1, 0.15) is 5.75 Å². The number of carbonyl (C=O) groups excluding carboxylic acids is 1. The van der Waals surface area contributed by atoms with Crippen LogP contribution in [-0.4, -0.2) is 69.2 Å². The van der Waals surface area contributed by atoms with Crippen molar-refractivity contribution in [2.45, 2.75) is 33.2 Å². The number of carbonyl (C=O) groups is 1. The number of hydrogen-bond acceptors (Lipinski definition) is 4. The smallest absolute Gasteiger partial charge is 0.222 e. The van der Waals surface area contributed by atoms with Crippen molar-refractivity contribution in [3.63, 3.8) is 0 Å². The Labute approximate surface area is 162 Å². The van der Waals surface area contributed by atoms with Gasteiger partial charge in [-0.3, -0.25) is 9.79 Å². The fraction of sp³-hybridized carbons (Fsp3) is 0.600. The standard InChI is InChI=1S/C20H33N5O2/c1-5-21-20(22-11-10-19(26)23-16(2)3)25-14-12-24(13-15-25)17-6-8-18(27-4)9-7-17/h6-9,16H,5,10-15H2,1-4H3,(H,21,22)(H,23,26). The van der Waals surface area contributed by atoms with Gasteiger partial charge in [-0.1, -0.05) is 0 Å². The van der Waals surface area contributed by atoms with E-state index in [1.807, 2.05) is 26.0 Å². The van der Waals surface area contributed by atoms with Gasteiger partial charge >= 0.3 is 0 Å². The van der Waals surface area contributed by atoms with E-state index in [0.29, 0.717) is 13.0 Å². The lowest BCUT2D eigenvalue weighted by Crippen LogP contribution is -2.52. The van der Waals surface area contributed by atoms with Crippen LogP contribution in [0.1, 0.15) is 27.2 Å². The first-order valence-electron chi connectivity index (χ1n) is 9.75. The van der Waals surface area contributed by atoms with Crippen LogP contribution in [0.2, 0.25) is 0 Å². The minimum absolute atomic E-state index is 0.0499. The molecule has 0 aliphatic carbocycles. The van der Waals surface area contributed by atoms with Gasteiger partial charge in [0.15, 0.2) is 5.96 Å². The molecule has 1 amide bonds. The normalized spacial score (nSPS) is 15.1. The molecule has 7 heteroatoms. The Kier molecular flexibility index (Phi) is 8.23. The lowest BCUT2D eigenvalue weighted by Gasteiger charge is -2.37. The maximum Gasteiger partial charge on any atom is 0.222 e. The molecular formula is C20H33N5O2. The molecule has 1 aliphatic rings. The van der Waals surface area contributed by atoms with Crippen LogP contribution in [0.3, 0.4) is 0 Å². The highest BCUT2D eigenvalue weighted by molar-refractivity contribution is 5.81. The molecule has 1 aliphatic heterocycles. The largest absolute Gasteiger partial charge is 0.497 e. The lowest BCUT2D eigenvalue weighted by molar-refractivity contribution is -0.121. The highest BCUT2D eigenvalue weighted by Gasteiger charge is 2.20. The topological polar surface area (TPSA) is 69.2 Å². The summed E-state index contributed by atoms with van der Waals surface area (Å²) in [5.74, 6) is 1.82. The number of piperazine rings is 1. The van der Waals surface area contributed by atoms with Crippen molar-refractivity contribution in [1.29, 1.82) is 0 Å². The Hall–Kier alpha value is -2.44. The van der Waals surface area contributed by atoms with Gasteiger partial charge in [0, 0.05) is 50.9 Å². The van der Waals surface area contributed by atoms with Gasteiger partial charge in [0.05, 0.1) is 13.7 Å². The van der Waals surface area contributed by atoms with Gasteiger partial charge in [-0.2, -0.15) is 0 Å². The molecule has 0 aromatic heterocycles. The van der Waals surface area contributed by atoms with Crippen molar-refractivity contribution in [3.8, 4) is 5.75 Å². The number of guanidine groups is 1. The summed E-state index contributed by atoms with van der Waals surface area (Å²) >= 11 is 0. The monoisotopic (exact) mass is 375 g/mol. The van der Waals surface area contributed by atoms with Crippen molar-refractivity contribution < 1.29 is 9.53 Å². The molecule has 27 heavy (non-hydrogen) atoms. The maximum atomic E-state index is 11.8. The quantitative estimate of drug-likeness (QED) is 0.561. The lowest BCUT2D eigenvalue weighted by atomic mass is 10.2. The van der Waals surface area contributed by atoms with Gasteiger partial charge in [-0.25, -0.2) is 0 Å². The predicted octanol–water partition coefficient (Wildman–Crippen LogP) is 1.70. The van der Waals surface area contributed by atoms with E-state index in [4.69, 9.17) is 4.74 Å². The van der Waals surface area contributed by atoms with Crippen LogP contribution in [0.25, 0.3) is 0 Å². The average molecular weight is 376 g/mol. The first-order chi connectivity index (χ1) is 13.0. The highest BCUT2D eigenvalue weighted by Crippen LogP contribution is 2.20. The van der Waals surface area contributed by atoms with Crippen LogP contribution in [0.5, 0.6) is 5.75 Å². The number of hydrogen-bond donors (Lipinski definition) is 2. The molecule has 1 fully saturated rings. The van der Waals surface area contributed by atoms with E-state index in [2.05, 4.69) is 44.5 Å². The SMILES string of the molecule is CCNC(=NCCC(=O)NC(C)C)N1CCN(c2ccc(OC)cc2)CC1. The second-order valence-electron chi connectivity index (χ2n) is 6.88. The summed E-state index contributed by atoms with van der Waals surface area (Å²) in [4.78, 5) is 21.1. The van der Waals surface area contributed by atoms with E-state index in [1.54, 1.807) is 7.11 Å². The van der Waals surface area contributed by atoms with Crippen molar-refractivity contribution in [1.82, 2.24) is 15.5 Å². The molecule has 0 atom stereocenters. The molecule has 0 bridgehead atoms. The molecule has 0 unspecified atom stereocenters. The number of methoxy groups -OCH3 is 1. The van der Waals surface area contributed by atoms with Crippen molar-refractivity contribution in [3.05, 3.63) is 24.3 Å². The summed E-state index contributed by atoms with van der Waals surface area (Å²) in [6, 6.07) is 8.35. The van der Waals surface area contributed by atoms with Gasteiger partial charge in [0.25, 0.3) is 0 Å². The Bertz CT molecular complexity index is 607. The Morgan fingerprint density at radius 2 is 1.85 bits per heavy atom.